The van der Waals surface area contributed by atoms with Crippen LogP contribution in [0.25, 0.3) is 0 Å². The first-order chi connectivity index (χ1) is 9.09. The van der Waals surface area contributed by atoms with E-state index in [4.69, 9.17) is 9.73 Å². The molecule has 1 aliphatic carbocycles. The van der Waals surface area contributed by atoms with E-state index in [1.807, 2.05) is 13.0 Å². The molecule has 0 amide bonds. The van der Waals surface area contributed by atoms with Crippen molar-refractivity contribution in [1.82, 2.24) is 0 Å². The van der Waals surface area contributed by atoms with Crippen LogP contribution in [0.3, 0.4) is 0 Å². The van der Waals surface area contributed by atoms with Crippen LogP contribution in [0.1, 0.15) is 39.2 Å². The molecular weight excluding hydrogens is 234 g/mol. The van der Waals surface area contributed by atoms with E-state index in [0.29, 0.717) is 0 Å². The maximum absolute atomic E-state index is 5.68. The molecule has 2 rings (SSSR count). The Morgan fingerprint density at radius 2 is 1.89 bits per heavy atom. The van der Waals surface area contributed by atoms with Gasteiger partial charge < -0.3 is 4.74 Å². The van der Waals surface area contributed by atoms with Gasteiger partial charge in [-0.1, -0.05) is 44.2 Å². The highest BCUT2D eigenvalue weighted by atomic mass is 16.5. The van der Waals surface area contributed by atoms with Crippen molar-refractivity contribution in [3.05, 3.63) is 47.7 Å². The van der Waals surface area contributed by atoms with Gasteiger partial charge in [-0.3, -0.25) is 4.99 Å². The fourth-order valence-electron chi connectivity index (χ4n) is 2.47. The summed E-state index contributed by atoms with van der Waals surface area (Å²) < 4.78 is 5.68. The van der Waals surface area contributed by atoms with Crippen LogP contribution in [-0.4, -0.2) is 12.3 Å². The molecule has 1 aliphatic rings. The molecule has 0 unspecified atom stereocenters. The third-order valence-electron chi connectivity index (χ3n) is 3.28. The van der Waals surface area contributed by atoms with Gasteiger partial charge in [-0.15, -0.1) is 0 Å². The number of hydrogen-bond donors (Lipinski definition) is 0. The van der Waals surface area contributed by atoms with Crippen molar-refractivity contribution in [3.63, 3.8) is 0 Å². The van der Waals surface area contributed by atoms with Crippen LogP contribution in [0.15, 0.2) is 47.2 Å². The number of nitrogens with zero attached hydrogens (tertiary/aromatic N) is 1. The maximum atomic E-state index is 5.68. The third kappa shape index (κ3) is 4.23. The van der Waals surface area contributed by atoms with Crippen LogP contribution in [0.2, 0.25) is 0 Å². The van der Waals surface area contributed by atoms with Crippen molar-refractivity contribution in [2.45, 2.75) is 40.2 Å². The van der Waals surface area contributed by atoms with Gasteiger partial charge in [0.05, 0.1) is 18.9 Å². The predicted molar refractivity (Wildman–Crippen MR) is 80.3 cm³/mol. The fourth-order valence-corrected chi connectivity index (χ4v) is 2.47. The van der Waals surface area contributed by atoms with E-state index in [1.165, 1.54) is 5.56 Å². The summed E-state index contributed by atoms with van der Waals surface area (Å²) in [6.07, 6.45) is 4.15. The highest BCUT2D eigenvalue weighted by Crippen LogP contribution is 2.34. The zero-order valence-electron chi connectivity index (χ0n) is 12.1. The second-order valence-corrected chi connectivity index (χ2v) is 5.85. The van der Waals surface area contributed by atoms with Crippen molar-refractivity contribution >= 4 is 5.71 Å². The minimum absolute atomic E-state index is 0.245. The van der Waals surface area contributed by atoms with Crippen LogP contribution in [0.4, 0.5) is 0 Å². The molecule has 1 aromatic rings. The van der Waals surface area contributed by atoms with Crippen LogP contribution < -0.4 is 0 Å². The Morgan fingerprint density at radius 3 is 2.58 bits per heavy atom. The molecule has 0 atom stereocenters. The molecule has 0 saturated carbocycles. The Bertz CT molecular complexity index is 471. The highest BCUT2D eigenvalue weighted by Gasteiger charge is 2.27. The lowest BCUT2D eigenvalue weighted by Gasteiger charge is -2.30. The molecule has 0 spiro atoms. The first-order valence-electron chi connectivity index (χ1n) is 7.00. The Balaban J connectivity index is 2.11. The summed E-state index contributed by atoms with van der Waals surface area (Å²) in [4.78, 5) is 4.74. The SMILES string of the molecule is CCOC1=CC(=NCc2ccccc2)CC(C)(C)C1. The summed E-state index contributed by atoms with van der Waals surface area (Å²) in [6, 6.07) is 10.4. The van der Waals surface area contributed by atoms with E-state index in [9.17, 15) is 0 Å². The van der Waals surface area contributed by atoms with Gasteiger partial charge in [-0.2, -0.15) is 0 Å². The predicted octanol–water partition coefficient (Wildman–Crippen LogP) is 4.37. The number of ether oxygens (including phenoxy) is 1. The molecule has 1 aromatic carbocycles. The van der Waals surface area contributed by atoms with E-state index in [-0.39, 0.29) is 5.41 Å². The number of hydrogen-bond acceptors (Lipinski definition) is 2. The van der Waals surface area contributed by atoms with Gasteiger partial charge in [0.25, 0.3) is 0 Å². The van der Waals surface area contributed by atoms with Crippen LogP contribution in [-0.2, 0) is 11.3 Å². The standard InChI is InChI=1S/C17H23NO/c1-4-19-16-10-15(11-17(2,3)12-16)18-13-14-8-6-5-7-9-14/h5-10H,4,11-13H2,1-3H3. The van der Waals surface area contributed by atoms with E-state index in [1.54, 1.807) is 0 Å². The number of aliphatic imine (C=N–C) groups is 1. The first-order valence-corrected chi connectivity index (χ1v) is 7.00. The Hall–Kier alpha value is -1.57. The molecule has 0 saturated heterocycles. The molecule has 102 valence electrons. The molecule has 0 radical (unpaired) electrons. The zero-order chi connectivity index (χ0) is 13.7. The van der Waals surface area contributed by atoms with Crippen molar-refractivity contribution < 1.29 is 4.74 Å². The van der Waals surface area contributed by atoms with Gasteiger partial charge in [0.15, 0.2) is 0 Å². The normalized spacial score (nSPS) is 20.2. The average Bonchev–Trinajstić information content (AvgIpc) is 2.36. The Morgan fingerprint density at radius 1 is 1.16 bits per heavy atom. The molecule has 0 N–H and O–H groups in total. The van der Waals surface area contributed by atoms with Crippen molar-refractivity contribution in [1.29, 1.82) is 0 Å². The molecule has 0 fully saturated rings. The second kappa shape index (κ2) is 6.05. The number of benzene rings is 1. The molecule has 0 heterocycles. The van der Waals surface area contributed by atoms with Crippen molar-refractivity contribution in [2.24, 2.45) is 10.4 Å². The fraction of sp³-hybridized carbons (Fsp3) is 0.471. The maximum Gasteiger partial charge on any atom is 0.0983 e. The van der Waals surface area contributed by atoms with Gasteiger partial charge in [-0.05, 0) is 30.4 Å². The topological polar surface area (TPSA) is 21.6 Å². The third-order valence-corrected chi connectivity index (χ3v) is 3.28. The zero-order valence-corrected chi connectivity index (χ0v) is 12.1. The molecule has 0 aromatic heterocycles. The Labute approximate surface area is 116 Å². The number of rotatable bonds is 4. The minimum Gasteiger partial charge on any atom is -0.498 e. The number of allylic oxidation sites excluding steroid dienone is 2. The summed E-state index contributed by atoms with van der Waals surface area (Å²) in [5.41, 5.74) is 2.66. The lowest BCUT2D eigenvalue weighted by molar-refractivity contribution is 0.184. The van der Waals surface area contributed by atoms with Crippen molar-refractivity contribution in [3.8, 4) is 0 Å². The second-order valence-electron chi connectivity index (χ2n) is 5.85. The molecule has 0 aliphatic heterocycles. The van der Waals surface area contributed by atoms with E-state index < -0.39 is 0 Å². The average molecular weight is 257 g/mol. The largest absolute Gasteiger partial charge is 0.498 e. The highest BCUT2D eigenvalue weighted by molar-refractivity contribution is 5.96. The van der Waals surface area contributed by atoms with Gasteiger partial charge >= 0.3 is 0 Å². The lowest BCUT2D eigenvalue weighted by Crippen LogP contribution is -2.23. The smallest absolute Gasteiger partial charge is 0.0983 e. The first kappa shape index (κ1) is 13.9. The molecule has 2 nitrogen and oxygen atoms in total. The van der Waals surface area contributed by atoms with Gasteiger partial charge in [-0.25, -0.2) is 0 Å². The summed E-state index contributed by atoms with van der Waals surface area (Å²) in [7, 11) is 0. The lowest BCUT2D eigenvalue weighted by atomic mass is 9.79. The van der Waals surface area contributed by atoms with Gasteiger partial charge in [0, 0.05) is 12.1 Å². The van der Waals surface area contributed by atoms with Crippen molar-refractivity contribution in [2.75, 3.05) is 6.61 Å². The summed E-state index contributed by atoms with van der Waals surface area (Å²) in [6.45, 7) is 8.06. The van der Waals surface area contributed by atoms with E-state index in [2.05, 4.69) is 44.2 Å². The van der Waals surface area contributed by atoms with Gasteiger partial charge in [0.2, 0.25) is 0 Å². The Kier molecular flexibility index (Phi) is 4.41. The van der Waals surface area contributed by atoms with Crippen LogP contribution in [0, 0.1) is 5.41 Å². The van der Waals surface area contributed by atoms with E-state index in [0.717, 1.165) is 37.5 Å². The quantitative estimate of drug-likeness (QED) is 0.785. The molecule has 19 heavy (non-hydrogen) atoms. The molecule has 2 heteroatoms. The summed E-state index contributed by atoms with van der Waals surface area (Å²) >= 11 is 0. The van der Waals surface area contributed by atoms with Gasteiger partial charge in [0.1, 0.15) is 0 Å². The van der Waals surface area contributed by atoms with Crippen LogP contribution >= 0.6 is 0 Å². The molecule has 0 bridgehead atoms. The minimum atomic E-state index is 0.245. The van der Waals surface area contributed by atoms with Crippen LogP contribution in [0.5, 0.6) is 0 Å². The summed E-state index contributed by atoms with van der Waals surface area (Å²) in [5.74, 6) is 1.07. The molecular formula is C17H23NO. The van der Waals surface area contributed by atoms with E-state index >= 15 is 0 Å². The monoisotopic (exact) mass is 257 g/mol. The summed E-state index contributed by atoms with van der Waals surface area (Å²) in [5, 5.41) is 0.